The van der Waals surface area contributed by atoms with E-state index in [0.29, 0.717) is 29.0 Å². The van der Waals surface area contributed by atoms with Crippen molar-refractivity contribution in [2.45, 2.75) is 76.3 Å². The number of hydrogen-bond donors (Lipinski definition) is 2. The van der Waals surface area contributed by atoms with Gasteiger partial charge in [0.25, 0.3) is 5.91 Å². The van der Waals surface area contributed by atoms with E-state index in [0.717, 1.165) is 19.3 Å². The summed E-state index contributed by atoms with van der Waals surface area (Å²) >= 11 is 0. The number of ether oxygens (including phenoxy) is 1. The molecule has 2 atom stereocenters. The second-order valence-corrected chi connectivity index (χ2v) is 13.5. The van der Waals surface area contributed by atoms with Gasteiger partial charge in [-0.2, -0.15) is 0 Å². The minimum atomic E-state index is -3.87. The van der Waals surface area contributed by atoms with Crippen molar-refractivity contribution >= 4 is 33.4 Å². The first-order valence-electron chi connectivity index (χ1n) is 13.7. The van der Waals surface area contributed by atoms with Crippen LogP contribution < -0.4 is 10.0 Å². The van der Waals surface area contributed by atoms with Crippen LogP contribution in [-0.4, -0.2) is 38.2 Å². The Hall–Kier alpha value is -3.04. The third kappa shape index (κ3) is 5.79. The number of amides is 1. The minimum absolute atomic E-state index is 0.00352. The Labute approximate surface area is 229 Å². The number of carbonyl (C=O) groups is 3. The Morgan fingerprint density at radius 3 is 2.05 bits per heavy atom. The highest BCUT2D eigenvalue weighted by atomic mass is 32.2. The summed E-state index contributed by atoms with van der Waals surface area (Å²) in [6, 6.07) is 11.9. The molecular weight excluding hydrogens is 516 g/mol. The molecule has 0 aliphatic heterocycles. The predicted molar refractivity (Wildman–Crippen MR) is 147 cm³/mol. The zero-order valence-electron chi connectivity index (χ0n) is 22.6. The zero-order valence-corrected chi connectivity index (χ0v) is 23.4. The molecule has 0 saturated heterocycles. The molecule has 4 aliphatic rings. The van der Waals surface area contributed by atoms with Gasteiger partial charge in [-0.3, -0.25) is 9.59 Å². The number of Topliss-reactive ketones (excluding diaryl/α,β-unsaturated/α-hetero) is 1. The van der Waals surface area contributed by atoms with Crippen molar-refractivity contribution in [2.24, 2.45) is 23.2 Å². The van der Waals surface area contributed by atoms with Gasteiger partial charge < -0.3 is 10.1 Å². The fraction of sp³-hybridized carbons (Fsp3) is 0.500. The number of carbonyl (C=O) groups excluding carboxylic acids is 3. The van der Waals surface area contributed by atoms with E-state index in [9.17, 15) is 22.8 Å². The Bertz CT molecular complexity index is 1350. The lowest BCUT2D eigenvalue weighted by atomic mass is 9.48. The van der Waals surface area contributed by atoms with Crippen LogP contribution in [0.25, 0.3) is 0 Å². The van der Waals surface area contributed by atoms with E-state index in [1.54, 1.807) is 24.3 Å². The molecule has 0 aromatic heterocycles. The first-order chi connectivity index (χ1) is 18.4. The van der Waals surface area contributed by atoms with Gasteiger partial charge in [-0.05, 0) is 125 Å². The standard InChI is InChI=1S/C30H36N2O6S/c1-18(33)24-7-9-26(10-8-24)31-28(34)19(2)38-29(35)25-5-4-6-27(14-25)39(36,37)32-20(3)30-15-21-11-22(16-30)13-23(12-21)17-30/h4-10,14,19-23,32H,11-13,15-17H2,1-3H3,(H,31,34). The molecule has 4 saturated carbocycles. The third-order valence-electron chi connectivity index (χ3n) is 8.93. The summed E-state index contributed by atoms with van der Waals surface area (Å²) in [6.45, 7) is 4.87. The molecule has 2 aromatic carbocycles. The summed E-state index contributed by atoms with van der Waals surface area (Å²) in [7, 11) is -3.87. The van der Waals surface area contributed by atoms with Crippen molar-refractivity contribution in [3.63, 3.8) is 0 Å². The Balaban J connectivity index is 1.22. The Kier molecular flexibility index (Phi) is 7.41. The topological polar surface area (TPSA) is 119 Å². The minimum Gasteiger partial charge on any atom is -0.449 e. The van der Waals surface area contributed by atoms with Crippen LogP contribution in [0.3, 0.4) is 0 Å². The molecule has 9 heteroatoms. The van der Waals surface area contributed by atoms with Gasteiger partial charge in [-0.25, -0.2) is 17.9 Å². The molecular formula is C30H36N2O6S. The second kappa shape index (κ2) is 10.5. The largest absolute Gasteiger partial charge is 0.449 e. The van der Waals surface area contributed by atoms with Crippen molar-refractivity contribution in [2.75, 3.05) is 5.32 Å². The Morgan fingerprint density at radius 2 is 1.49 bits per heavy atom. The molecule has 39 heavy (non-hydrogen) atoms. The summed E-state index contributed by atoms with van der Waals surface area (Å²) in [6.07, 6.45) is 5.96. The highest BCUT2D eigenvalue weighted by Crippen LogP contribution is 2.61. The molecule has 6 rings (SSSR count). The van der Waals surface area contributed by atoms with Gasteiger partial charge in [0.2, 0.25) is 10.0 Å². The lowest BCUT2D eigenvalue weighted by molar-refractivity contribution is -0.123. The molecule has 8 nitrogen and oxygen atoms in total. The summed E-state index contributed by atoms with van der Waals surface area (Å²) < 4.78 is 35.0. The summed E-state index contributed by atoms with van der Waals surface area (Å²) in [5.41, 5.74) is 1.03. The van der Waals surface area contributed by atoms with Gasteiger partial charge in [0.05, 0.1) is 10.5 Å². The van der Waals surface area contributed by atoms with Crippen LogP contribution in [0.1, 0.15) is 80.0 Å². The van der Waals surface area contributed by atoms with Crippen LogP contribution >= 0.6 is 0 Å². The van der Waals surface area contributed by atoms with Gasteiger partial charge in [-0.1, -0.05) is 6.07 Å². The molecule has 2 unspecified atom stereocenters. The van der Waals surface area contributed by atoms with Crippen molar-refractivity contribution in [1.82, 2.24) is 4.72 Å². The maximum atomic E-state index is 13.4. The number of ketones is 1. The van der Waals surface area contributed by atoms with Gasteiger partial charge in [0, 0.05) is 17.3 Å². The maximum absolute atomic E-state index is 13.4. The Morgan fingerprint density at radius 1 is 0.897 bits per heavy atom. The van der Waals surface area contributed by atoms with Crippen molar-refractivity contribution in [1.29, 1.82) is 0 Å². The lowest BCUT2D eigenvalue weighted by Gasteiger charge is -2.59. The molecule has 4 bridgehead atoms. The monoisotopic (exact) mass is 552 g/mol. The zero-order chi connectivity index (χ0) is 27.9. The number of nitrogens with one attached hydrogen (secondary N) is 2. The number of benzene rings is 2. The molecule has 0 spiro atoms. The van der Waals surface area contributed by atoms with Crippen molar-refractivity contribution in [3.05, 3.63) is 59.7 Å². The smallest absolute Gasteiger partial charge is 0.338 e. The van der Waals surface area contributed by atoms with E-state index in [1.807, 2.05) is 6.92 Å². The van der Waals surface area contributed by atoms with E-state index >= 15 is 0 Å². The predicted octanol–water partition coefficient (Wildman–Crippen LogP) is 4.96. The molecule has 208 valence electrons. The van der Waals surface area contributed by atoms with E-state index in [4.69, 9.17) is 4.74 Å². The molecule has 0 radical (unpaired) electrons. The van der Waals surface area contributed by atoms with E-state index < -0.39 is 28.0 Å². The number of esters is 1. The first kappa shape index (κ1) is 27.5. The SMILES string of the molecule is CC(=O)c1ccc(NC(=O)C(C)OC(=O)c2cccc(S(=O)(=O)NC(C)C34CC5CC(CC(C5)C3)C4)c2)cc1. The summed E-state index contributed by atoms with van der Waals surface area (Å²) in [4.78, 5) is 36.8. The van der Waals surface area contributed by atoms with Crippen LogP contribution in [0.2, 0.25) is 0 Å². The van der Waals surface area contributed by atoms with E-state index in [2.05, 4.69) is 10.0 Å². The quantitative estimate of drug-likeness (QED) is 0.335. The average Bonchev–Trinajstić information content (AvgIpc) is 2.88. The van der Waals surface area contributed by atoms with Gasteiger partial charge in [-0.15, -0.1) is 0 Å². The number of rotatable bonds is 9. The average molecular weight is 553 g/mol. The molecule has 4 fully saturated rings. The van der Waals surface area contributed by atoms with Crippen molar-refractivity contribution in [3.8, 4) is 0 Å². The highest BCUT2D eigenvalue weighted by Gasteiger charge is 2.53. The number of sulfonamides is 1. The first-order valence-corrected chi connectivity index (χ1v) is 15.2. The van der Waals surface area contributed by atoms with Gasteiger partial charge >= 0.3 is 5.97 Å². The summed E-state index contributed by atoms with van der Waals surface area (Å²) in [5.74, 6) is 0.697. The lowest BCUT2D eigenvalue weighted by Crippen LogP contribution is -2.55. The van der Waals surface area contributed by atoms with Crippen LogP contribution in [0.15, 0.2) is 53.4 Å². The van der Waals surface area contributed by atoms with Crippen LogP contribution in [0.5, 0.6) is 0 Å². The summed E-state index contributed by atoms with van der Waals surface area (Å²) in [5, 5.41) is 2.64. The van der Waals surface area contributed by atoms with Crippen molar-refractivity contribution < 1.29 is 27.5 Å². The molecule has 0 heterocycles. The number of anilines is 1. The molecule has 1 amide bonds. The van der Waals surface area contributed by atoms with E-state index in [1.165, 1.54) is 57.4 Å². The number of hydrogen-bond acceptors (Lipinski definition) is 6. The maximum Gasteiger partial charge on any atom is 0.338 e. The van der Waals surface area contributed by atoms with Crippen LogP contribution in [0, 0.1) is 23.2 Å². The fourth-order valence-electron chi connectivity index (χ4n) is 7.24. The van der Waals surface area contributed by atoms with Gasteiger partial charge in [0.15, 0.2) is 11.9 Å². The molecule has 2 N–H and O–H groups in total. The van der Waals surface area contributed by atoms with E-state index in [-0.39, 0.29) is 27.7 Å². The van der Waals surface area contributed by atoms with Crippen LogP contribution in [-0.2, 0) is 19.6 Å². The fourth-order valence-corrected chi connectivity index (χ4v) is 8.63. The highest BCUT2D eigenvalue weighted by molar-refractivity contribution is 7.89. The van der Waals surface area contributed by atoms with Gasteiger partial charge in [0.1, 0.15) is 0 Å². The molecule has 2 aromatic rings. The molecule has 4 aliphatic carbocycles. The second-order valence-electron chi connectivity index (χ2n) is 11.8. The normalized spacial score (nSPS) is 27.0. The van der Waals surface area contributed by atoms with Crippen LogP contribution in [0.4, 0.5) is 5.69 Å². The third-order valence-corrected chi connectivity index (χ3v) is 10.5.